The molecule has 5 heteroatoms. The fourth-order valence-electron chi connectivity index (χ4n) is 2.61. The monoisotopic (exact) mass is 276 g/mol. The van der Waals surface area contributed by atoms with Crippen LogP contribution in [0.2, 0.25) is 0 Å². The normalized spacial score (nSPS) is 16.9. The average molecular weight is 276 g/mol. The summed E-state index contributed by atoms with van der Waals surface area (Å²) in [5.74, 6) is -0.0960. The maximum Gasteiger partial charge on any atom is 0.253 e. The van der Waals surface area contributed by atoms with E-state index in [1.165, 1.54) is 25.9 Å². The third kappa shape index (κ3) is 3.42. The molecule has 1 aliphatic heterocycles. The summed E-state index contributed by atoms with van der Waals surface area (Å²) in [6.45, 7) is 5.36. The van der Waals surface area contributed by atoms with Gasteiger partial charge in [-0.05, 0) is 51.1 Å². The van der Waals surface area contributed by atoms with Crippen LogP contribution in [-0.2, 0) is 0 Å². The molecule has 1 fully saturated rings. The fourth-order valence-corrected chi connectivity index (χ4v) is 2.61. The van der Waals surface area contributed by atoms with Crippen LogP contribution < -0.4 is 16.4 Å². The van der Waals surface area contributed by atoms with Crippen molar-refractivity contribution in [1.29, 1.82) is 0 Å². The van der Waals surface area contributed by atoms with Gasteiger partial charge in [0.2, 0.25) is 0 Å². The number of nitrogens with zero attached hydrogens (tertiary/aromatic N) is 1. The summed E-state index contributed by atoms with van der Waals surface area (Å²) in [4.78, 5) is 14.3. The molecule has 0 spiro atoms. The summed E-state index contributed by atoms with van der Waals surface area (Å²) in [7, 11) is 1.63. The molecule has 1 heterocycles. The van der Waals surface area contributed by atoms with Crippen molar-refractivity contribution in [2.24, 2.45) is 0 Å². The molecule has 0 aliphatic carbocycles. The summed E-state index contributed by atoms with van der Waals surface area (Å²) < 4.78 is 0. The number of benzene rings is 1. The van der Waals surface area contributed by atoms with Crippen molar-refractivity contribution in [3.05, 3.63) is 23.8 Å². The Hall–Kier alpha value is -1.75. The third-order valence-corrected chi connectivity index (χ3v) is 3.87. The molecular weight excluding hydrogens is 252 g/mol. The van der Waals surface area contributed by atoms with E-state index >= 15 is 0 Å². The molecule has 0 aromatic heterocycles. The van der Waals surface area contributed by atoms with Crippen LogP contribution in [0.4, 0.5) is 11.4 Å². The van der Waals surface area contributed by atoms with Gasteiger partial charge in [-0.15, -0.1) is 0 Å². The molecule has 2 rings (SSSR count). The summed E-state index contributed by atoms with van der Waals surface area (Å²) >= 11 is 0. The minimum absolute atomic E-state index is 0.0960. The number of carbonyl (C=O) groups excluding carboxylic acids is 1. The molecule has 1 amide bonds. The summed E-state index contributed by atoms with van der Waals surface area (Å²) in [5.41, 5.74) is 7.91. The van der Waals surface area contributed by atoms with E-state index in [0.717, 1.165) is 12.2 Å². The molecule has 0 bridgehead atoms. The number of rotatable bonds is 5. The summed E-state index contributed by atoms with van der Waals surface area (Å²) in [6, 6.07) is 5.79. The second-order valence-electron chi connectivity index (χ2n) is 5.36. The Bertz CT molecular complexity index is 469. The van der Waals surface area contributed by atoms with E-state index in [9.17, 15) is 4.79 Å². The van der Waals surface area contributed by atoms with Crippen LogP contribution in [-0.4, -0.2) is 43.5 Å². The smallest absolute Gasteiger partial charge is 0.253 e. The maximum absolute atomic E-state index is 11.8. The van der Waals surface area contributed by atoms with Gasteiger partial charge in [-0.25, -0.2) is 0 Å². The van der Waals surface area contributed by atoms with Gasteiger partial charge in [-0.2, -0.15) is 0 Å². The number of nitrogen functional groups attached to an aromatic ring is 1. The minimum atomic E-state index is -0.0960. The topological polar surface area (TPSA) is 70.4 Å². The van der Waals surface area contributed by atoms with Crippen LogP contribution in [0.25, 0.3) is 0 Å². The largest absolute Gasteiger partial charge is 0.399 e. The lowest BCUT2D eigenvalue weighted by Gasteiger charge is -2.25. The second kappa shape index (κ2) is 6.61. The van der Waals surface area contributed by atoms with E-state index in [1.807, 2.05) is 6.07 Å². The van der Waals surface area contributed by atoms with Gasteiger partial charge < -0.3 is 16.4 Å². The Labute approximate surface area is 120 Å². The summed E-state index contributed by atoms with van der Waals surface area (Å²) in [6.07, 6.45) is 2.57. The highest BCUT2D eigenvalue weighted by Gasteiger charge is 2.18. The first-order valence-corrected chi connectivity index (χ1v) is 7.21. The molecule has 0 saturated carbocycles. The lowest BCUT2D eigenvalue weighted by atomic mass is 10.1. The van der Waals surface area contributed by atoms with Crippen molar-refractivity contribution in [2.75, 3.05) is 37.7 Å². The van der Waals surface area contributed by atoms with E-state index in [1.54, 1.807) is 19.2 Å². The number of hydrogen-bond acceptors (Lipinski definition) is 4. The standard InChI is InChI=1S/C15H24N4O/c1-11(19-7-3-4-8-19)10-18-14-9-12(16)5-6-13(14)15(20)17-2/h5-6,9,11,18H,3-4,7-8,10,16H2,1-2H3,(H,17,20). The zero-order valence-corrected chi connectivity index (χ0v) is 12.3. The van der Waals surface area contributed by atoms with Crippen molar-refractivity contribution in [1.82, 2.24) is 10.2 Å². The number of amides is 1. The molecule has 4 N–H and O–H groups in total. The van der Waals surface area contributed by atoms with Gasteiger partial charge in [0.25, 0.3) is 5.91 Å². The van der Waals surface area contributed by atoms with Gasteiger partial charge in [-0.1, -0.05) is 0 Å². The molecule has 1 aromatic rings. The number of hydrogen-bond donors (Lipinski definition) is 3. The third-order valence-electron chi connectivity index (χ3n) is 3.87. The molecule has 1 saturated heterocycles. The van der Waals surface area contributed by atoms with Gasteiger partial charge in [0.05, 0.1) is 5.56 Å². The average Bonchev–Trinajstić information content (AvgIpc) is 2.98. The number of likely N-dealkylation sites (tertiary alicyclic amines) is 1. The maximum atomic E-state index is 11.8. The number of nitrogens with one attached hydrogen (secondary N) is 2. The first-order valence-electron chi connectivity index (χ1n) is 7.21. The Balaban J connectivity index is 2.03. The minimum Gasteiger partial charge on any atom is -0.399 e. The van der Waals surface area contributed by atoms with Crippen molar-refractivity contribution in [3.8, 4) is 0 Å². The Morgan fingerprint density at radius 2 is 2.10 bits per heavy atom. The first-order chi connectivity index (χ1) is 9.61. The molecule has 1 unspecified atom stereocenters. The zero-order chi connectivity index (χ0) is 14.5. The van der Waals surface area contributed by atoms with Crippen molar-refractivity contribution >= 4 is 17.3 Å². The molecule has 5 nitrogen and oxygen atoms in total. The van der Waals surface area contributed by atoms with Crippen molar-refractivity contribution in [2.45, 2.75) is 25.8 Å². The van der Waals surface area contributed by atoms with Crippen LogP contribution in [0, 0.1) is 0 Å². The van der Waals surface area contributed by atoms with E-state index in [-0.39, 0.29) is 5.91 Å². The Morgan fingerprint density at radius 1 is 1.40 bits per heavy atom. The predicted octanol–water partition coefficient (Wildman–Crippen LogP) is 1.52. The van der Waals surface area contributed by atoms with E-state index in [4.69, 9.17) is 5.73 Å². The van der Waals surface area contributed by atoms with E-state index in [2.05, 4.69) is 22.5 Å². The first kappa shape index (κ1) is 14.7. The lowest BCUT2D eigenvalue weighted by Crippen LogP contribution is -2.36. The van der Waals surface area contributed by atoms with Gasteiger partial charge in [0.1, 0.15) is 0 Å². The quantitative estimate of drug-likeness (QED) is 0.713. The molecule has 20 heavy (non-hydrogen) atoms. The highest BCUT2D eigenvalue weighted by Crippen LogP contribution is 2.20. The SMILES string of the molecule is CNC(=O)c1ccc(N)cc1NCC(C)N1CCCC1. The van der Waals surface area contributed by atoms with Crippen molar-refractivity contribution < 1.29 is 4.79 Å². The van der Waals surface area contributed by atoms with Gasteiger partial charge >= 0.3 is 0 Å². The van der Waals surface area contributed by atoms with Crippen LogP contribution in [0.1, 0.15) is 30.1 Å². The number of nitrogens with two attached hydrogens (primary N) is 1. The van der Waals surface area contributed by atoms with E-state index in [0.29, 0.717) is 17.3 Å². The zero-order valence-electron chi connectivity index (χ0n) is 12.3. The van der Waals surface area contributed by atoms with Crippen LogP contribution in [0.3, 0.4) is 0 Å². The number of carbonyl (C=O) groups is 1. The highest BCUT2D eigenvalue weighted by atomic mass is 16.1. The van der Waals surface area contributed by atoms with Crippen molar-refractivity contribution in [3.63, 3.8) is 0 Å². The molecule has 1 aliphatic rings. The predicted molar refractivity (Wildman–Crippen MR) is 83.0 cm³/mol. The highest BCUT2D eigenvalue weighted by molar-refractivity contribution is 6.00. The van der Waals surface area contributed by atoms with Gasteiger partial charge in [-0.3, -0.25) is 9.69 Å². The van der Waals surface area contributed by atoms with Crippen LogP contribution in [0.5, 0.6) is 0 Å². The van der Waals surface area contributed by atoms with Gasteiger partial charge in [0, 0.05) is 31.0 Å². The molecule has 0 radical (unpaired) electrons. The Morgan fingerprint density at radius 3 is 2.75 bits per heavy atom. The van der Waals surface area contributed by atoms with Gasteiger partial charge in [0.15, 0.2) is 0 Å². The number of anilines is 2. The molecular formula is C15H24N4O. The molecule has 110 valence electrons. The lowest BCUT2D eigenvalue weighted by molar-refractivity contribution is 0.0964. The summed E-state index contributed by atoms with van der Waals surface area (Å²) in [5, 5.41) is 6.02. The molecule has 1 atom stereocenters. The van der Waals surface area contributed by atoms with E-state index < -0.39 is 0 Å². The fraction of sp³-hybridized carbons (Fsp3) is 0.533. The van der Waals surface area contributed by atoms with Crippen LogP contribution >= 0.6 is 0 Å². The Kier molecular flexibility index (Phi) is 4.84. The second-order valence-corrected chi connectivity index (χ2v) is 5.36. The van der Waals surface area contributed by atoms with Crippen LogP contribution in [0.15, 0.2) is 18.2 Å². The molecule has 1 aromatic carbocycles.